The third kappa shape index (κ3) is 1.70. The van der Waals surface area contributed by atoms with E-state index in [4.69, 9.17) is 5.11 Å². The molecule has 0 atom stereocenters. The normalized spacial score (nSPS) is 10.8. The summed E-state index contributed by atoms with van der Waals surface area (Å²) >= 11 is 0. The highest BCUT2D eigenvalue weighted by Crippen LogP contribution is 1.89. The topological polar surface area (TPSA) is 48.9 Å². The number of aliphatic hydroxyl groups is 1. The fourth-order valence-electron chi connectivity index (χ4n) is 0.533. The summed E-state index contributed by atoms with van der Waals surface area (Å²) < 4.78 is 0. The number of rotatable bonds is 2. The van der Waals surface area contributed by atoms with Crippen molar-refractivity contribution in [2.45, 2.75) is 0 Å². The van der Waals surface area contributed by atoms with Gasteiger partial charge in [-0.2, -0.15) is 0 Å². The standard InChI is InChI=1S/C6H8N2O/c9-5-1-2-6-7-3-4-8-6/h1-4,9H,5H2,(H,7,8). The number of nitrogens with one attached hydrogen (secondary N) is 1. The molecule has 0 aromatic carbocycles. The van der Waals surface area contributed by atoms with Crippen molar-refractivity contribution in [3.63, 3.8) is 0 Å². The van der Waals surface area contributed by atoms with Crippen molar-refractivity contribution in [3.05, 3.63) is 24.3 Å². The fourth-order valence-corrected chi connectivity index (χ4v) is 0.533. The number of nitrogens with zero attached hydrogens (tertiary/aromatic N) is 1. The first-order valence-corrected chi connectivity index (χ1v) is 2.70. The molecule has 48 valence electrons. The van der Waals surface area contributed by atoms with Gasteiger partial charge in [0, 0.05) is 12.4 Å². The summed E-state index contributed by atoms with van der Waals surface area (Å²) in [6.45, 7) is 0.0562. The predicted octanol–water partition coefficient (Wildman–Crippen LogP) is 0.415. The molecule has 3 nitrogen and oxygen atoms in total. The van der Waals surface area contributed by atoms with Crippen LogP contribution in [0.15, 0.2) is 18.5 Å². The molecule has 0 fully saturated rings. The number of aliphatic hydroxyl groups excluding tert-OH is 1. The molecular formula is C6H8N2O. The molecule has 0 unspecified atom stereocenters. The first-order valence-electron chi connectivity index (χ1n) is 2.70. The summed E-state index contributed by atoms with van der Waals surface area (Å²) in [4.78, 5) is 6.76. The lowest BCUT2D eigenvalue weighted by atomic mass is 10.5. The average Bonchev–Trinajstić information content (AvgIpc) is 2.34. The molecule has 0 saturated carbocycles. The van der Waals surface area contributed by atoms with Crippen molar-refractivity contribution in [1.29, 1.82) is 0 Å². The maximum atomic E-state index is 8.34. The molecule has 9 heavy (non-hydrogen) atoms. The van der Waals surface area contributed by atoms with Crippen LogP contribution in [0, 0.1) is 0 Å². The number of aromatic amines is 1. The molecule has 1 aromatic rings. The molecule has 3 heteroatoms. The minimum absolute atomic E-state index is 0.0562. The molecule has 2 N–H and O–H groups in total. The molecule has 1 rings (SSSR count). The van der Waals surface area contributed by atoms with Crippen LogP contribution in [0.5, 0.6) is 0 Å². The second-order valence-corrected chi connectivity index (χ2v) is 1.56. The Morgan fingerprint density at radius 2 is 2.67 bits per heavy atom. The van der Waals surface area contributed by atoms with Gasteiger partial charge in [0.1, 0.15) is 5.82 Å². The molecule has 0 spiro atoms. The highest BCUT2D eigenvalue weighted by atomic mass is 16.2. The Balaban J connectivity index is 2.57. The van der Waals surface area contributed by atoms with Crippen LogP contribution in [0.1, 0.15) is 5.82 Å². The highest BCUT2D eigenvalue weighted by Gasteiger charge is 1.81. The second kappa shape index (κ2) is 3.04. The van der Waals surface area contributed by atoms with E-state index in [2.05, 4.69) is 9.97 Å². The zero-order chi connectivity index (χ0) is 6.53. The molecule has 0 aliphatic carbocycles. The van der Waals surface area contributed by atoms with Gasteiger partial charge in [-0.3, -0.25) is 0 Å². The van der Waals surface area contributed by atoms with E-state index in [0.29, 0.717) is 0 Å². The zero-order valence-electron chi connectivity index (χ0n) is 4.91. The Labute approximate surface area is 53.1 Å². The monoisotopic (exact) mass is 124 g/mol. The van der Waals surface area contributed by atoms with Crippen molar-refractivity contribution < 1.29 is 5.11 Å². The van der Waals surface area contributed by atoms with E-state index < -0.39 is 0 Å². The lowest BCUT2D eigenvalue weighted by Gasteiger charge is -1.79. The van der Waals surface area contributed by atoms with Gasteiger partial charge in [0.15, 0.2) is 0 Å². The highest BCUT2D eigenvalue weighted by molar-refractivity contribution is 5.38. The van der Waals surface area contributed by atoms with E-state index in [1.54, 1.807) is 24.5 Å². The van der Waals surface area contributed by atoms with Crippen molar-refractivity contribution in [3.8, 4) is 0 Å². The quantitative estimate of drug-likeness (QED) is 0.600. The van der Waals surface area contributed by atoms with Crippen molar-refractivity contribution in [2.24, 2.45) is 0 Å². The molecule has 0 aliphatic heterocycles. The van der Waals surface area contributed by atoms with Gasteiger partial charge in [0.2, 0.25) is 0 Å². The van der Waals surface area contributed by atoms with Crippen LogP contribution in [-0.2, 0) is 0 Å². The van der Waals surface area contributed by atoms with Crippen LogP contribution in [0.3, 0.4) is 0 Å². The summed E-state index contributed by atoms with van der Waals surface area (Å²) in [5.41, 5.74) is 0. The van der Waals surface area contributed by atoms with Crippen LogP contribution >= 0.6 is 0 Å². The molecule has 0 amide bonds. The van der Waals surface area contributed by atoms with Crippen LogP contribution in [0.4, 0.5) is 0 Å². The Bertz CT molecular complexity index is 179. The van der Waals surface area contributed by atoms with E-state index in [1.165, 1.54) is 0 Å². The Hall–Kier alpha value is -1.09. The van der Waals surface area contributed by atoms with E-state index in [1.807, 2.05) is 0 Å². The molecule has 1 heterocycles. The minimum Gasteiger partial charge on any atom is -0.392 e. The average molecular weight is 124 g/mol. The predicted molar refractivity (Wildman–Crippen MR) is 34.7 cm³/mol. The van der Waals surface area contributed by atoms with E-state index >= 15 is 0 Å². The largest absolute Gasteiger partial charge is 0.392 e. The number of hydrogen-bond donors (Lipinski definition) is 2. The molecule has 0 bridgehead atoms. The Morgan fingerprint density at radius 3 is 3.22 bits per heavy atom. The van der Waals surface area contributed by atoms with Crippen LogP contribution in [-0.4, -0.2) is 21.7 Å². The first kappa shape index (κ1) is 6.04. The van der Waals surface area contributed by atoms with Gasteiger partial charge in [-0.25, -0.2) is 4.98 Å². The maximum Gasteiger partial charge on any atom is 0.129 e. The van der Waals surface area contributed by atoms with E-state index in [9.17, 15) is 0 Å². The van der Waals surface area contributed by atoms with Gasteiger partial charge < -0.3 is 10.1 Å². The summed E-state index contributed by atoms with van der Waals surface area (Å²) in [7, 11) is 0. The molecule has 0 radical (unpaired) electrons. The van der Waals surface area contributed by atoms with Gasteiger partial charge >= 0.3 is 0 Å². The second-order valence-electron chi connectivity index (χ2n) is 1.56. The molecule has 0 saturated heterocycles. The molecule has 0 aliphatic rings. The third-order valence-corrected chi connectivity index (χ3v) is 0.901. The Morgan fingerprint density at radius 1 is 1.78 bits per heavy atom. The van der Waals surface area contributed by atoms with Crippen molar-refractivity contribution in [1.82, 2.24) is 9.97 Å². The Kier molecular flexibility index (Phi) is 2.04. The van der Waals surface area contributed by atoms with E-state index in [0.717, 1.165) is 5.82 Å². The van der Waals surface area contributed by atoms with Crippen molar-refractivity contribution >= 4 is 6.08 Å². The third-order valence-electron chi connectivity index (χ3n) is 0.901. The van der Waals surface area contributed by atoms with Crippen LogP contribution in [0.2, 0.25) is 0 Å². The van der Waals surface area contributed by atoms with Crippen molar-refractivity contribution in [2.75, 3.05) is 6.61 Å². The van der Waals surface area contributed by atoms with Gasteiger partial charge in [0.05, 0.1) is 6.61 Å². The van der Waals surface area contributed by atoms with E-state index in [-0.39, 0.29) is 6.61 Å². The van der Waals surface area contributed by atoms with Crippen LogP contribution < -0.4 is 0 Å². The summed E-state index contributed by atoms with van der Waals surface area (Å²) in [5.74, 6) is 0.768. The lowest BCUT2D eigenvalue weighted by molar-refractivity contribution is 0.343. The van der Waals surface area contributed by atoms with Gasteiger partial charge in [0.25, 0.3) is 0 Å². The molecular weight excluding hydrogens is 116 g/mol. The van der Waals surface area contributed by atoms with Crippen LogP contribution in [0.25, 0.3) is 6.08 Å². The lowest BCUT2D eigenvalue weighted by Crippen LogP contribution is -1.75. The zero-order valence-corrected chi connectivity index (χ0v) is 4.91. The van der Waals surface area contributed by atoms with Gasteiger partial charge in [-0.05, 0) is 6.08 Å². The number of H-pyrrole nitrogens is 1. The van der Waals surface area contributed by atoms with Gasteiger partial charge in [-0.15, -0.1) is 0 Å². The number of hydrogen-bond acceptors (Lipinski definition) is 2. The fraction of sp³-hybridized carbons (Fsp3) is 0.167. The maximum absolute atomic E-state index is 8.34. The number of imidazole rings is 1. The summed E-state index contributed by atoms with van der Waals surface area (Å²) in [5, 5.41) is 8.34. The first-order chi connectivity index (χ1) is 4.43. The minimum atomic E-state index is 0.0562. The van der Waals surface area contributed by atoms with Gasteiger partial charge in [-0.1, -0.05) is 6.08 Å². The SMILES string of the molecule is OCC=Cc1ncc[nH]1. The smallest absolute Gasteiger partial charge is 0.129 e. The molecule has 1 aromatic heterocycles. The summed E-state index contributed by atoms with van der Waals surface area (Å²) in [6, 6.07) is 0. The summed E-state index contributed by atoms with van der Waals surface area (Å²) in [6.07, 6.45) is 6.74. The number of aromatic nitrogens is 2.